The Morgan fingerprint density at radius 3 is 2.83 bits per heavy atom. The molecule has 0 aliphatic rings. The van der Waals surface area contributed by atoms with Crippen molar-refractivity contribution >= 4 is 17.2 Å². The van der Waals surface area contributed by atoms with Crippen LogP contribution in [0.5, 0.6) is 0 Å². The molecule has 0 bridgehead atoms. The Morgan fingerprint density at radius 1 is 1.22 bits per heavy atom. The van der Waals surface area contributed by atoms with E-state index in [2.05, 4.69) is 9.97 Å². The van der Waals surface area contributed by atoms with Crippen molar-refractivity contribution in [2.45, 2.75) is 6.61 Å². The van der Waals surface area contributed by atoms with Crippen LogP contribution in [-0.2, 0) is 6.61 Å². The smallest absolute Gasteiger partial charge is 0.137 e. The third-order valence-electron chi connectivity index (χ3n) is 2.74. The van der Waals surface area contributed by atoms with E-state index in [1.54, 1.807) is 22.9 Å². The Kier molecular flexibility index (Phi) is 2.74. The van der Waals surface area contributed by atoms with Gasteiger partial charge in [0.1, 0.15) is 11.3 Å². The second-order valence-corrected chi connectivity index (χ2v) is 4.29. The molecule has 1 N–H and O–H groups in total. The summed E-state index contributed by atoms with van der Waals surface area (Å²) < 4.78 is 1.78. The zero-order chi connectivity index (χ0) is 12.5. The van der Waals surface area contributed by atoms with Gasteiger partial charge in [-0.25, -0.2) is 4.98 Å². The second-order valence-electron chi connectivity index (χ2n) is 3.86. The molecule has 3 heterocycles. The number of halogens is 1. The molecule has 4 nitrogen and oxygen atoms in total. The number of aromatic nitrogens is 3. The number of fused-ring (bicyclic) bond motifs is 1. The van der Waals surface area contributed by atoms with E-state index < -0.39 is 0 Å². The topological polar surface area (TPSA) is 50.4 Å². The molecular formula is C13H10ClN3O. The minimum atomic E-state index is -0.118. The number of aliphatic hydroxyl groups is 1. The van der Waals surface area contributed by atoms with E-state index in [4.69, 9.17) is 11.6 Å². The van der Waals surface area contributed by atoms with Crippen molar-refractivity contribution in [2.75, 3.05) is 0 Å². The molecule has 3 aromatic rings. The summed E-state index contributed by atoms with van der Waals surface area (Å²) in [5.41, 5.74) is 2.84. The molecule has 0 saturated carbocycles. The highest BCUT2D eigenvalue weighted by molar-refractivity contribution is 6.30. The van der Waals surface area contributed by atoms with Crippen molar-refractivity contribution in [2.24, 2.45) is 0 Å². The molecule has 0 saturated heterocycles. The fourth-order valence-electron chi connectivity index (χ4n) is 1.93. The molecule has 0 radical (unpaired) electrons. The monoisotopic (exact) mass is 259 g/mol. The number of hydrogen-bond acceptors (Lipinski definition) is 3. The van der Waals surface area contributed by atoms with E-state index in [0.717, 1.165) is 11.3 Å². The van der Waals surface area contributed by atoms with Crippen molar-refractivity contribution in [1.29, 1.82) is 0 Å². The van der Waals surface area contributed by atoms with E-state index in [9.17, 15) is 5.11 Å². The Balaban J connectivity index is 2.30. The normalized spacial score (nSPS) is 11.0. The minimum absolute atomic E-state index is 0.118. The van der Waals surface area contributed by atoms with Gasteiger partial charge in [0.25, 0.3) is 0 Å². The van der Waals surface area contributed by atoms with E-state index >= 15 is 0 Å². The summed E-state index contributed by atoms with van der Waals surface area (Å²) in [6.07, 6.45) is 3.44. The molecule has 18 heavy (non-hydrogen) atoms. The van der Waals surface area contributed by atoms with Gasteiger partial charge >= 0.3 is 0 Å². The van der Waals surface area contributed by atoms with Gasteiger partial charge in [0.2, 0.25) is 0 Å². The van der Waals surface area contributed by atoms with Gasteiger partial charge in [-0.1, -0.05) is 17.7 Å². The standard InChI is InChI=1S/C13H10ClN3O/c14-9-4-5-12-16-13(10-3-1-2-6-15-10)11(8-18)17(12)7-9/h1-7,18H,8H2. The van der Waals surface area contributed by atoms with Crippen LogP contribution in [0.25, 0.3) is 17.0 Å². The lowest BCUT2D eigenvalue weighted by atomic mass is 10.2. The lowest BCUT2D eigenvalue weighted by Crippen LogP contribution is -1.94. The summed E-state index contributed by atoms with van der Waals surface area (Å²) in [6, 6.07) is 9.18. The average molecular weight is 260 g/mol. The Morgan fingerprint density at radius 2 is 2.11 bits per heavy atom. The lowest BCUT2D eigenvalue weighted by molar-refractivity contribution is 0.276. The fourth-order valence-corrected chi connectivity index (χ4v) is 2.09. The first-order chi connectivity index (χ1) is 8.79. The zero-order valence-corrected chi connectivity index (χ0v) is 10.2. The van der Waals surface area contributed by atoms with Crippen LogP contribution in [-0.4, -0.2) is 19.5 Å². The maximum atomic E-state index is 9.53. The number of nitrogens with zero attached hydrogens (tertiary/aromatic N) is 3. The molecule has 3 aromatic heterocycles. The number of aliphatic hydroxyl groups excluding tert-OH is 1. The first-order valence-electron chi connectivity index (χ1n) is 5.48. The average Bonchev–Trinajstić information content (AvgIpc) is 2.77. The maximum absolute atomic E-state index is 9.53. The SMILES string of the molecule is OCc1c(-c2ccccn2)nc2ccc(Cl)cn12. The molecule has 3 rings (SSSR count). The molecule has 90 valence electrons. The van der Waals surface area contributed by atoms with E-state index in [-0.39, 0.29) is 6.61 Å². The molecule has 0 fully saturated rings. The number of imidazole rings is 1. The number of pyridine rings is 2. The number of hydrogen-bond donors (Lipinski definition) is 1. The molecule has 0 unspecified atom stereocenters. The van der Waals surface area contributed by atoms with Crippen LogP contribution in [0.15, 0.2) is 42.7 Å². The summed E-state index contributed by atoms with van der Waals surface area (Å²) in [7, 11) is 0. The minimum Gasteiger partial charge on any atom is -0.390 e. The van der Waals surface area contributed by atoms with Gasteiger partial charge in [0.15, 0.2) is 0 Å². The van der Waals surface area contributed by atoms with Gasteiger partial charge in [0.05, 0.1) is 23.0 Å². The van der Waals surface area contributed by atoms with Crippen molar-refractivity contribution in [3.05, 3.63) is 53.4 Å². The molecular weight excluding hydrogens is 250 g/mol. The summed E-state index contributed by atoms with van der Waals surface area (Å²) in [4.78, 5) is 8.73. The van der Waals surface area contributed by atoms with Gasteiger partial charge in [0, 0.05) is 12.4 Å². The third kappa shape index (κ3) is 1.75. The summed E-state index contributed by atoms with van der Waals surface area (Å²) in [6.45, 7) is -0.118. The predicted octanol–water partition coefficient (Wildman–Crippen LogP) is 2.54. The van der Waals surface area contributed by atoms with Crippen molar-refractivity contribution in [3.8, 4) is 11.4 Å². The Labute approximate surface area is 109 Å². The maximum Gasteiger partial charge on any atom is 0.137 e. The van der Waals surface area contributed by atoms with Crippen molar-refractivity contribution in [3.63, 3.8) is 0 Å². The third-order valence-corrected chi connectivity index (χ3v) is 2.96. The van der Waals surface area contributed by atoms with E-state index in [0.29, 0.717) is 16.4 Å². The highest BCUT2D eigenvalue weighted by atomic mass is 35.5. The van der Waals surface area contributed by atoms with Crippen LogP contribution in [0.4, 0.5) is 0 Å². The van der Waals surface area contributed by atoms with Gasteiger partial charge in [-0.15, -0.1) is 0 Å². The summed E-state index contributed by atoms with van der Waals surface area (Å²) >= 11 is 5.96. The van der Waals surface area contributed by atoms with Crippen LogP contribution < -0.4 is 0 Å². The lowest BCUT2D eigenvalue weighted by Gasteiger charge is -2.01. The molecule has 5 heteroatoms. The molecule has 0 atom stereocenters. The van der Waals surface area contributed by atoms with Gasteiger partial charge in [-0.2, -0.15) is 0 Å². The van der Waals surface area contributed by atoms with Crippen LogP contribution in [0.1, 0.15) is 5.69 Å². The summed E-state index contributed by atoms with van der Waals surface area (Å²) in [5, 5.41) is 10.1. The second kappa shape index (κ2) is 4.40. The Bertz CT molecular complexity index is 694. The Hall–Kier alpha value is -1.91. The molecule has 0 aliphatic carbocycles. The summed E-state index contributed by atoms with van der Waals surface area (Å²) in [5.74, 6) is 0. The van der Waals surface area contributed by atoms with Crippen LogP contribution in [0, 0.1) is 0 Å². The largest absolute Gasteiger partial charge is 0.390 e. The van der Waals surface area contributed by atoms with Crippen LogP contribution in [0.3, 0.4) is 0 Å². The quantitative estimate of drug-likeness (QED) is 0.769. The first-order valence-corrected chi connectivity index (χ1v) is 5.86. The van der Waals surface area contributed by atoms with Crippen LogP contribution >= 0.6 is 11.6 Å². The van der Waals surface area contributed by atoms with Crippen molar-refractivity contribution in [1.82, 2.24) is 14.4 Å². The highest BCUT2D eigenvalue weighted by Gasteiger charge is 2.13. The van der Waals surface area contributed by atoms with Gasteiger partial charge in [-0.3, -0.25) is 9.38 Å². The van der Waals surface area contributed by atoms with Gasteiger partial charge < -0.3 is 5.11 Å². The predicted molar refractivity (Wildman–Crippen MR) is 69.4 cm³/mol. The zero-order valence-electron chi connectivity index (χ0n) is 9.42. The molecule has 0 aliphatic heterocycles. The first kappa shape index (κ1) is 11.2. The van der Waals surface area contributed by atoms with Gasteiger partial charge in [-0.05, 0) is 24.3 Å². The van der Waals surface area contributed by atoms with Crippen LogP contribution in [0.2, 0.25) is 5.02 Å². The molecule has 0 amide bonds. The number of rotatable bonds is 2. The highest BCUT2D eigenvalue weighted by Crippen LogP contribution is 2.24. The van der Waals surface area contributed by atoms with Crippen molar-refractivity contribution < 1.29 is 5.11 Å². The fraction of sp³-hybridized carbons (Fsp3) is 0.0769. The van der Waals surface area contributed by atoms with E-state index in [1.807, 2.05) is 24.3 Å². The molecule has 0 spiro atoms. The molecule has 0 aromatic carbocycles. The van der Waals surface area contributed by atoms with E-state index in [1.165, 1.54) is 0 Å².